The van der Waals surface area contributed by atoms with E-state index in [2.05, 4.69) is 14.9 Å². The minimum Gasteiger partial charge on any atom is -0.466 e. The molecule has 1 N–H and O–H groups in total. The van der Waals surface area contributed by atoms with Crippen molar-refractivity contribution < 1.29 is 14.3 Å². The molecule has 1 atom stereocenters. The molecule has 76 valence electrons. The first-order chi connectivity index (χ1) is 6.63. The molecule has 1 rings (SSSR count). The third-order valence-electron chi connectivity index (χ3n) is 1.48. The fourth-order valence-corrected chi connectivity index (χ4v) is 0.793. The number of ether oxygens (including phenoxy) is 2. The highest BCUT2D eigenvalue weighted by Gasteiger charge is 2.14. The molecule has 6 heteroatoms. The second-order valence-corrected chi connectivity index (χ2v) is 2.54. The number of nitrogens with one attached hydrogen (secondary N) is 1. The standard InChI is InChI=1S/C8H10N2O4/c1-5(8(12)13-2)14-7-4-3-6(11)9-10-7/h3-5H,1-2H3,(H,9,11)/t5-/m1/s1. The van der Waals surface area contributed by atoms with Crippen molar-refractivity contribution in [1.82, 2.24) is 10.2 Å². The maximum absolute atomic E-state index is 10.9. The number of esters is 1. The number of nitrogens with zero attached hydrogens (tertiary/aromatic N) is 1. The lowest BCUT2D eigenvalue weighted by molar-refractivity contribution is -0.148. The van der Waals surface area contributed by atoms with Crippen molar-refractivity contribution in [3.05, 3.63) is 22.5 Å². The van der Waals surface area contributed by atoms with Crippen LogP contribution < -0.4 is 10.3 Å². The van der Waals surface area contributed by atoms with Gasteiger partial charge in [-0.1, -0.05) is 0 Å². The summed E-state index contributed by atoms with van der Waals surface area (Å²) in [7, 11) is 1.27. The first-order valence-electron chi connectivity index (χ1n) is 3.93. The van der Waals surface area contributed by atoms with Gasteiger partial charge in [0.15, 0.2) is 6.10 Å². The van der Waals surface area contributed by atoms with Gasteiger partial charge in [-0.3, -0.25) is 4.79 Å². The number of rotatable bonds is 3. The van der Waals surface area contributed by atoms with Gasteiger partial charge in [-0.15, -0.1) is 5.10 Å². The van der Waals surface area contributed by atoms with E-state index in [1.165, 1.54) is 26.2 Å². The van der Waals surface area contributed by atoms with Crippen LogP contribution in [-0.4, -0.2) is 29.4 Å². The molecule has 0 saturated carbocycles. The Hall–Kier alpha value is -1.85. The average molecular weight is 198 g/mol. The zero-order valence-electron chi connectivity index (χ0n) is 7.81. The third kappa shape index (κ3) is 2.58. The summed E-state index contributed by atoms with van der Waals surface area (Å²) in [6.07, 6.45) is -0.751. The third-order valence-corrected chi connectivity index (χ3v) is 1.48. The molecule has 0 fully saturated rings. The van der Waals surface area contributed by atoms with E-state index in [4.69, 9.17) is 4.74 Å². The van der Waals surface area contributed by atoms with Crippen LogP contribution in [0.1, 0.15) is 6.92 Å². The molecule has 1 aromatic heterocycles. The lowest BCUT2D eigenvalue weighted by Gasteiger charge is -2.10. The second-order valence-electron chi connectivity index (χ2n) is 2.54. The Bertz CT molecular complexity index is 353. The number of carbonyl (C=O) groups excluding carboxylic acids is 1. The minimum absolute atomic E-state index is 0.169. The Morgan fingerprint density at radius 2 is 2.29 bits per heavy atom. The Kier molecular flexibility index (Phi) is 3.22. The molecule has 1 heterocycles. The summed E-state index contributed by atoms with van der Waals surface area (Å²) in [6.45, 7) is 1.53. The normalized spacial score (nSPS) is 11.9. The summed E-state index contributed by atoms with van der Waals surface area (Å²) in [4.78, 5) is 21.6. The molecule has 0 aliphatic heterocycles. The number of carbonyl (C=O) groups is 1. The highest BCUT2D eigenvalue weighted by atomic mass is 16.6. The zero-order chi connectivity index (χ0) is 10.6. The Morgan fingerprint density at radius 1 is 1.57 bits per heavy atom. The van der Waals surface area contributed by atoms with E-state index in [0.717, 1.165) is 0 Å². The van der Waals surface area contributed by atoms with Gasteiger partial charge in [0.2, 0.25) is 5.88 Å². The fraction of sp³-hybridized carbons (Fsp3) is 0.375. The summed E-state index contributed by atoms with van der Waals surface area (Å²) >= 11 is 0. The SMILES string of the molecule is COC(=O)[C@@H](C)Oc1ccc(=O)[nH]n1. The maximum Gasteiger partial charge on any atom is 0.346 e. The number of hydrogen-bond donors (Lipinski definition) is 1. The van der Waals surface area contributed by atoms with Crippen molar-refractivity contribution in [2.24, 2.45) is 0 Å². The van der Waals surface area contributed by atoms with E-state index in [1.807, 2.05) is 0 Å². The van der Waals surface area contributed by atoms with Crippen LogP contribution in [0.2, 0.25) is 0 Å². The highest BCUT2D eigenvalue weighted by Crippen LogP contribution is 2.04. The molecule has 0 aromatic carbocycles. The lowest BCUT2D eigenvalue weighted by atomic mass is 10.4. The van der Waals surface area contributed by atoms with E-state index in [9.17, 15) is 9.59 Å². The highest BCUT2D eigenvalue weighted by molar-refractivity contribution is 5.74. The quantitative estimate of drug-likeness (QED) is 0.675. The first-order valence-corrected chi connectivity index (χ1v) is 3.93. The maximum atomic E-state index is 10.9. The van der Waals surface area contributed by atoms with Gasteiger partial charge in [0, 0.05) is 12.1 Å². The van der Waals surface area contributed by atoms with Gasteiger partial charge < -0.3 is 9.47 Å². The van der Waals surface area contributed by atoms with Crippen LogP contribution in [0.3, 0.4) is 0 Å². The Morgan fingerprint density at radius 3 is 2.79 bits per heavy atom. The Labute approximate surface area is 79.8 Å². The molecule has 0 bridgehead atoms. The Balaban J connectivity index is 2.65. The van der Waals surface area contributed by atoms with Crippen molar-refractivity contribution >= 4 is 5.97 Å². The largest absolute Gasteiger partial charge is 0.466 e. The molecule has 0 amide bonds. The van der Waals surface area contributed by atoms with Crippen molar-refractivity contribution in [2.75, 3.05) is 7.11 Å². The fourth-order valence-electron chi connectivity index (χ4n) is 0.793. The van der Waals surface area contributed by atoms with Gasteiger partial charge in [-0.2, -0.15) is 0 Å². The molecule has 0 radical (unpaired) electrons. The van der Waals surface area contributed by atoms with Crippen LogP contribution in [0.4, 0.5) is 0 Å². The van der Waals surface area contributed by atoms with Crippen LogP contribution in [0.5, 0.6) is 5.88 Å². The molecule has 6 nitrogen and oxygen atoms in total. The van der Waals surface area contributed by atoms with E-state index >= 15 is 0 Å². The van der Waals surface area contributed by atoms with Crippen molar-refractivity contribution in [3.63, 3.8) is 0 Å². The zero-order valence-corrected chi connectivity index (χ0v) is 7.81. The van der Waals surface area contributed by atoms with Gasteiger partial charge in [-0.25, -0.2) is 9.89 Å². The summed E-state index contributed by atoms with van der Waals surface area (Å²) < 4.78 is 9.51. The molecule has 0 spiro atoms. The van der Waals surface area contributed by atoms with Gasteiger partial charge in [0.05, 0.1) is 7.11 Å². The molecule has 1 aromatic rings. The molecule has 0 aliphatic carbocycles. The van der Waals surface area contributed by atoms with Gasteiger partial charge in [-0.05, 0) is 6.92 Å². The van der Waals surface area contributed by atoms with Gasteiger partial charge in [0.25, 0.3) is 5.56 Å². The summed E-state index contributed by atoms with van der Waals surface area (Å²) in [6, 6.07) is 2.63. The van der Waals surface area contributed by atoms with E-state index < -0.39 is 12.1 Å². The molecule has 0 saturated heterocycles. The second kappa shape index (κ2) is 4.40. The topological polar surface area (TPSA) is 81.3 Å². The van der Waals surface area contributed by atoms with Crippen LogP contribution in [0, 0.1) is 0 Å². The predicted molar refractivity (Wildman–Crippen MR) is 47.0 cm³/mol. The van der Waals surface area contributed by atoms with Gasteiger partial charge >= 0.3 is 5.97 Å². The summed E-state index contributed by atoms with van der Waals surface area (Å²) in [5.41, 5.74) is -0.330. The molecule has 0 aliphatic rings. The van der Waals surface area contributed by atoms with E-state index in [0.29, 0.717) is 0 Å². The predicted octanol–water partition coefficient (Wildman–Crippen LogP) is -0.290. The van der Waals surface area contributed by atoms with Crippen molar-refractivity contribution in [2.45, 2.75) is 13.0 Å². The van der Waals surface area contributed by atoms with Crippen LogP contribution >= 0.6 is 0 Å². The number of hydrogen-bond acceptors (Lipinski definition) is 5. The first kappa shape index (κ1) is 10.2. The summed E-state index contributed by atoms with van der Waals surface area (Å²) in [5, 5.41) is 5.75. The molecule has 14 heavy (non-hydrogen) atoms. The monoisotopic (exact) mass is 198 g/mol. The number of aromatic nitrogens is 2. The van der Waals surface area contributed by atoms with Gasteiger partial charge in [0.1, 0.15) is 0 Å². The van der Waals surface area contributed by atoms with Crippen molar-refractivity contribution in [1.29, 1.82) is 0 Å². The molecular formula is C8H10N2O4. The smallest absolute Gasteiger partial charge is 0.346 e. The minimum atomic E-state index is -0.751. The summed E-state index contributed by atoms with van der Waals surface area (Å²) in [5.74, 6) is -0.333. The average Bonchev–Trinajstić information content (AvgIpc) is 2.20. The van der Waals surface area contributed by atoms with Crippen LogP contribution in [0.15, 0.2) is 16.9 Å². The molecular weight excluding hydrogens is 188 g/mol. The molecule has 0 unspecified atom stereocenters. The van der Waals surface area contributed by atoms with Crippen molar-refractivity contribution in [3.8, 4) is 5.88 Å². The van der Waals surface area contributed by atoms with E-state index in [-0.39, 0.29) is 11.4 Å². The number of methoxy groups -OCH3 is 1. The number of aromatic amines is 1. The van der Waals surface area contributed by atoms with E-state index in [1.54, 1.807) is 0 Å². The number of H-pyrrole nitrogens is 1. The van der Waals surface area contributed by atoms with Crippen LogP contribution in [-0.2, 0) is 9.53 Å². The van der Waals surface area contributed by atoms with Crippen LogP contribution in [0.25, 0.3) is 0 Å². The lowest BCUT2D eigenvalue weighted by Crippen LogP contribution is -2.25.